The second-order valence-corrected chi connectivity index (χ2v) is 6.43. The van der Waals surface area contributed by atoms with Crippen LogP contribution in [0.2, 0.25) is 0 Å². The molecule has 4 heteroatoms. The Labute approximate surface area is 121 Å². The van der Waals surface area contributed by atoms with Crippen LogP contribution >= 0.6 is 0 Å². The minimum absolute atomic E-state index is 0.0919. The van der Waals surface area contributed by atoms with E-state index in [-0.39, 0.29) is 11.9 Å². The van der Waals surface area contributed by atoms with E-state index in [4.69, 9.17) is 0 Å². The molecule has 20 heavy (non-hydrogen) atoms. The molecule has 0 bridgehead atoms. The number of fused-ring (bicyclic) bond motifs is 1. The number of likely N-dealkylation sites (N-methyl/N-ethyl adjacent to an activating group) is 1. The predicted molar refractivity (Wildman–Crippen MR) is 80.9 cm³/mol. The fraction of sp³-hybridized carbons (Fsp3) is 0.562. The number of aliphatic hydroxyl groups is 1. The molecule has 1 aliphatic rings. The number of hydrogen-bond donors (Lipinski definition) is 1. The van der Waals surface area contributed by atoms with Crippen molar-refractivity contribution in [2.24, 2.45) is 0 Å². The van der Waals surface area contributed by atoms with Crippen LogP contribution in [-0.2, 0) is 11.2 Å². The Morgan fingerprint density at radius 3 is 2.75 bits per heavy atom. The molecule has 1 aromatic carbocycles. The normalized spacial score (nSPS) is 18.5. The minimum Gasteiger partial charge on any atom is -0.389 e. The molecular formula is C16H24N2O2. The Bertz CT molecular complexity index is 493. The second-order valence-electron chi connectivity index (χ2n) is 6.43. The van der Waals surface area contributed by atoms with Gasteiger partial charge in [0, 0.05) is 18.3 Å². The highest BCUT2D eigenvalue weighted by molar-refractivity contribution is 5.97. The number of anilines is 1. The van der Waals surface area contributed by atoms with Crippen molar-refractivity contribution in [3.8, 4) is 0 Å². The Morgan fingerprint density at radius 1 is 1.45 bits per heavy atom. The Morgan fingerprint density at radius 2 is 2.10 bits per heavy atom. The average molecular weight is 276 g/mol. The molecular weight excluding hydrogens is 252 g/mol. The number of hydrogen-bond acceptors (Lipinski definition) is 3. The number of benzene rings is 1. The van der Waals surface area contributed by atoms with Crippen LogP contribution in [0.4, 0.5) is 5.69 Å². The molecule has 0 saturated heterocycles. The Kier molecular flexibility index (Phi) is 4.16. The lowest BCUT2D eigenvalue weighted by molar-refractivity contribution is -0.120. The molecule has 0 saturated carbocycles. The molecule has 110 valence electrons. The molecule has 4 nitrogen and oxygen atoms in total. The minimum atomic E-state index is -0.788. The van der Waals surface area contributed by atoms with E-state index in [0.29, 0.717) is 13.1 Å². The van der Waals surface area contributed by atoms with Gasteiger partial charge in [-0.25, -0.2) is 0 Å². The van der Waals surface area contributed by atoms with Gasteiger partial charge in [-0.3, -0.25) is 9.69 Å². The lowest BCUT2D eigenvalue weighted by atomic mass is 10.1. The van der Waals surface area contributed by atoms with E-state index in [1.807, 2.05) is 35.0 Å². The van der Waals surface area contributed by atoms with Crippen LogP contribution < -0.4 is 4.90 Å². The summed E-state index contributed by atoms with van der Waals surface area (Å²) < 4.78 is 0. The number of carbonyl (C=O) groups excluding carboxylic acids is 1. The van der Waals surface area contributed by atoms with Gasteiger partial charge in [-0.05, 0) is 45.9 Å². The number of carbonyl (C=O) groups is 1. The number of para-hydroxylation sites is 1. The maximum Gasteiger partial charge on any atom is 0.241 e. The first-order valence-corrected chi connectivity index (χ1v) is 7.09. The summed E-state index contributed by atoms with van der Waals surface area (Å²) in [6, 6.07) is 8.28. The zero-order chi connectivity index (χ0) is 14.9. The molecule has 0 spiro atoms. The van der Waals surface area contributed by atoms with Gasteiger partial charge >= 0.3 is 0 Å². The molecule has 1 N–H and O–H groups in total. The maximum atomic E-state index is 12.5. The third kappa shape index (κ3) is 3.38. The Hall–Kier alpha value is -1.39. The van der Waals surface area contributed by atoms with E-state index in [9.17, 15) is 9.90 Å². The average Bonchev–Trinajstić information content (AvgIpc) is 2.61. The summed E-state index contributed by atoms with van der Waals surface area (Å²) in [5, 5.41) is 9.81. The van der Waals surface area contributed by atoms with Gasteiger partial charge in [-0.1, -0.05) is 18.2 Å². The molecule has 0 radical (unpaired) electrons. The molecule has 1 amide bonds. The molecule has 2 rings (SSSR count). The molecule has 1 heterocycles. The first-order valence-electron chi connectivity index (χ1n) is 7.09. The van der Waals surface area contributed by atoms with Crippen LogP contribution in [0.1, 0.15) is 26.3 Å². The van der Waals surface area contributed by atoms with Crippen molar-refractivity contribution < 1.29 is 9.90 Å². The number of rotatable bonds is 4. The van der Waals surface area contributed by atoms with Gasteiger partial charge in [-0.15, -0.1) is 0 Å². The van der Waals surface area contributed by atoms with Crippen LogP contribution in [0, 0.1) is 0 Å². The summed E-state index contributed by atoms with van der Waals surface area (Å²) in [7, 11) is 1.86. The van der Waals surface area contributed by atoms with Crippen molar-refractivity contribution in [2.45, 2.75) is 38.8 Å². The van der Waals surface area contributed by atoms with Crippen LogP contribution in [0.3, 0.4) is 0 Å². The van der Waals surface area contributed by atoms with Crippen molar-refractivity contribution >= 4 is 11.6 Å². The van der Waals surface area contributed by atoms with E-state index in [0.717, 1.165) is 12.1 Å². The quantitative estimate of drug-likeness (QED) is 0.909. The standard InChI is InChI=1S/C16H24N2O2/c1-12-9-13-7-5-6-8-14(13)18(12)15(19)10-17(4)11-16(2,3)20/h5-8,12,20H,9-11H2,1-4H3. The monoisotopic (exact) mass is 276 g/mol. The molecule has 1 aromatic rings. The van der Waals surface area contributed by atoms with Crippen molar-refractivity contribution in [3.05, 3.63) is 29.8 Å². The molecule has 1 aliphatic heterocycles. The lowest BCUT2D eigenvalue weighted by Crippen LogP contribution is -2.45. The van der Waals surface area contributed by atoms with E-state index in [2.05, 4.69) is 13.0 Å². The fourth-order valence-electron chi connectivity index (χ4n) is 2.97. The Balaban J connectivity index is 2.06. The van der Waals surface area contributed by atoms with Crippen LogP contribution in [0.25, 0.3) is 0 Å². The van der Waals surface area contributed by atoms with Crippen molar-refractivity contribution in [2.75, 3.05) is 25.0 Å². The number of nitrogens with zero attached hydrogens (tertiary/aromatic N) is 2. The van der Waals surface area contributed by atoms with Crippen LogP contribution in [0.15, 0.2) is 24.3 Å². The summed E-state index contributed by atoms with van der Waals surface area (Å²) in [6.07, 6.45) is 0.914. The summed E-state index contributed by atoms with van der Waals surface area (Å²) in [5.74, 6) is 0.0919. The first-order chi connectivity index (χ1) is 9.28. The highest BCUT2D eigenvalue weighted by Gasteiger charge is 2.31. The largest absolute Gasteiger partial charge is 0.389 e. The van der Waals surface area contributed by atoms with Gasteiger partial charge in [0.2, 0.25) is 5.91 Å². The SMILES string of the molecule is CC1Cc2ccccc2N1C(=O)CN(C)CC(C)(C)O. The van der Waals surface area contributed by atoms with Gasteiger partial charge in [0.05, 0.1) is 12.1 Å². The third-order valence-electron chi connectivity index (χ3n) is 3.54. The van der Waals surface area contributed by atoms with E-state index in [1.54, 1.807) is 13.8 Å². The van der Waals surface area contributed by atoms with Crippen molar-refractivity contribution in [1.29, 1.82) is 0 Å². The zero-order valence-electron chi connectivity index (χ0n) is 12.8. The second kappa shape index (κ2) is 5.54. The van der Waals surface area contributed by atoms with Gasteiger partial charge < -0.3 is 10.0 Å². The summed E-state index contributed by atoms with van der Waals surface area (Å²) >= 11 is 0. The maximum absolute atomic E-state index is 12.5. The predicted octanol–water partition coefficient (Wildman–Crippen LogP) is 1.67. The smallest absolute Gasteiger partial charge is 0.241 e. The summed E-state index contributed by atoms with van der Waals surface area (Å²) in [6.45, 7) is 6.38. The zero-order valence-corrected chi connectivity index (χ0v) is 12.8. The molecule has 0 aliphatic carbocycles. The van der Waals surface area contributed by atoms with Crippen LogP contribution in [0.5, 0.6) is 0 Å². The molecule has 0 fully saturated rings. The highest BCUT2D eigenvalue weighted by Crippen LogP contribution is 2.31. The van der Waals surface area contributed by atoms with Gasteiger partial charge in [0.1, 0.15) is 0 Å². The first kappa shape index (κ1) is 15.0. The summed E-state index contributed by atoms with van der Waals surface area (Å²) in [5.41, 5.74) is 1.48. The molecule has 1 unspecified atom stereocenters. The van der Waals surface area contributed by atoms with E-state index >= 15 is 0 Å². The third-order valence-corrected chi connectivity index (χ3v) is 3.54. The highest BCUT2D eigenvalue weighted by atomic mass is 16.3. The lowest BCUT2D eigenvalue weighted by Gasteiger charge is -2.28. The fourth-order valence-corrected chi connectivity index (χ4v) is 2.97. The topological polar surface area (TPSA) is 43.8 Å². The summed E-state index contributed by atoms with van der Waals surface area (Å²) in [4.78, 5) is 16.3. The number of amides is 1. The molecule has 1 atom stereocenters. The van der Waals surface area contributed by atoms with E-state index < -0.39 is 5.60 Å². The van der Waals surface area contributed by atoms with E-state index in [1.165, 1.54) is 5.56 Å². The van der Waals surface area contributed by atoms with Gasteiger partial charge in [-0.2, -0.15) is 0 Å². The molecule has 0 aromatic heterocycles. The van der Waals surface area contributed by atoms with Crippen molar-refractivity contribution in [3.63, 3.8) is 0 Å². The van der Waals surface area contributed by atoms with Gasteiger partial charge in [0.15, 0.2) is 0 Å². The van der Waals surface area contributed by atoms with Crippen LogP contribution in [-0.4, -0.2) is 47.7 Å². The van der Waals surface area contributed by atoms with Gasteiger partial charge in [0.25, 0.3) is 0 Å². The van der Waals surface area contributed by atoms with Crippen molar-refractivity contribution in [1.82, 2.24) is 4.90 Å².